The molecule has 3 aliphatic rings. The van der Waals surface area contributed by atoms with E-state index in [1.807, 2.05) is 15.9 Å². The maximum atomic E-state index is 12.7. The highest BCUT2D eigenvalue weighted by Crippen LogP contribution is 2.29. The van der Waals surface area contributed by atoms with E-state index in [4.69, 9.17) is 14.2 Å². The number of morpholine rings is 1. The lowest BCUT2D eigenvalue weighted by Crippen LogP contribution is -2.54. The molecule has 30 heavy (non-hydrogen) atoms. The van der Waals surface area contributed by atoms with Gasteiger partial charge in [-0.2, -0.15) is 0 Å². The molecule has 0 saturated carbocycles. The minimum atomic E-state index is 0.0431. The monoisotopic (exact) mass is 413 g/mol. The zero-order chi connectivity index (χ0) is 20.3. The topological polar surface area (TPSA) is 80.3 Å². The van der Waals surface area contributed by atoms with Crippen LogP contribution in [0.25, 0.3) is 10.9 Å². The van der Waals surface area contributed by atoms with E-state index in [-0.39, 0.29) is 12.1 Å². The third kappa shape index (κ3) is 3.99. The van der Waals surface area contributed by atoms with Crippen molar-refractivity contribution in [3.63, 3.8) is 0 Å². The Balaban J connectivity index is 1.27. The van der Waals surface area contributed by atoms with Crippen molar-refractivity contribution in [2.45, 2.75) is 12.5 Å². The number of nitrogens with zero attached hydrogens (tertiary/aromatic N) is 5. The summed E-state index contributed by atoms with van der Waals surface area (Å²) in [5.74, 6) is 0.610. The van der Waals surface area contributed by atoms with Crippen LogP contribution in [0.4, 0.5) is 10.5 Å². The maximum Gasteiger partial charge on any atom is 0.320 e. The molecule has 0 N–H and O–H groups in total. The van der Waals surface area contributed by atoms with Gasteiger partial charge in [0.15, 0.2) is 0 Å². The van der Waals surface area contributed by atoms with E-state index >= 15 is 0 Å². The maximum absolute atomic E-state index is 12.7. The zero-order valence-corrected chi connectivity index (χ0v) is 17.0. The van der Waals surface area contributed by atoms with E-state index in [1.54, 1.807) is 6.33 Å². The first-order chi connectivity index (χ1) is 14.8. The SMILES string of the molecule is O=C(N1CCOCC1)N1CCN(c2ccc3ncnc(OC4CCOC4)c3c2)CC1. The molecule has 1 aromatic carbocycles. The largest absolute Gasteiger partial charge is 0.471 e. The Morgan fingerprint density at radius 3 is 2.53 bits per heavy atom. The van der Waals surface area contributed by atoms with Crippen LogP contribution in [0.3, 0.4) is 0 Å². The van der Waals surface area contributed by atoms with Gasteiger partial charge in [-0.1, -0.05) is 0 Å². The summed E-state index contributed by atoms with van der Waals surface area (Å²) in [4.78, 5) is 27.6. The molecule has 3 aliphatic heterocycles. The van der Waals surface area contributed by atoms with Gasteiger partial charge in [0.1, 0.15) is 12.4 Å². The molecular weight excluding hydrogens is 386 g/mol. The van der Waals surface area contributed by atoms with Crippen LogP contribution in [0, 0.1) is 0 Å². The van der Waals surface area contributed by atoms with Crippen molar-refractivity contribution < 1.29 is 19.0 Å². The van der Waals surface area contributed by atoms with Gasteiger partial charge >= 0.3 is 6.03 Å². The summed E-state index contributed by atoms with van der Waals surface area (Å²) >= 11 is 0. The van der Waals surface area contributed by atoms with Crippen LogP contribution >= 0.6 is 0 Å². The van der Waals surface area contributed by atoms with Gasteiger partial charge in [-0.15, -0.1) is 0 Å². The number of urea groups is 1. The molecule has 1 unspecified atom stereocenters. The number of carbonyl (C=O) groups is 1. The van der Waals surface area contributed by atoms with E-state index < -0.39 is 0 Å². The molecule has 1 aromatic heterocycles. The van der Waals surface area contributed by atoms with Crippen LogP contribution in [-0.2, 0) is 9.47 Å². The molecule has 0 bridgehead atoms. The fourth-order valence-electron chi connectivity index (χ4n) is 4.19. The van der Waals surface area contributed by atoms with Gasteiger partial charge in [-0.25, -0.2) is 14.8 Å². The fourth-order valence-corrected chi connectivity index (χ4v) is 4.19. The second kappa shape index (κ2) is 8.61. The first-order valence-corrected chi connectivity index (χ1v) is 10.6. The van der Waals surface area contributed by atoms with Gasteiger partial charge in [-0.05, 0) is 18.2 Å². The number of ether oxygens (including phenoxy) is 3. The Bertz CT molecular complexity index is 890. The fraction of sp³-hybridized carbons (Fsp3) is 0.571. The Morgan fingerprint density at radius 2 is 1.77 bits per heavy atom. The quantitative estimate of drug-likeness (QED) is 0.752. The Hall–Kier alpha value is -2.65. The molecule has 0 aliphatic carbocycles. The summed E-state index contributed by atoms with van der Waals surface area (Å²) in [5.41, 5.74) is 1.96. The number of anilines is 1. The first kappa shape index (κ1) is 19.3. The summed E-state index contributed by atoms with van der Waals surface area (Å²) in [6.45, 7) is 6.95. The van der Waals surface area contributed by atoms with Crippen molar-refractivity contribution in [3.05, 3.63) is 24.5 Å². The predicted molar refractivity (Wildman–Crippen MR) is 111 cm³/mol. The van der Waals surface area contributed by atoms with Gasteiger partial charge in [-0.3, -0.25) is 0 Å². The van der Waals surface area contributed by atoms with Gasteiger partial charge < -0.3 is 28.9 Å². The normalized spacial score (nSPS) is 22.5. The molecule has 0 radical (unpaired) electrons. The molecule has 3 saturated heterocycles. The zero-order valence-electron chi connectivity index (χ0n) is 17.0. The van der Waals surface area contributed by atoms with Gasteiger partial charge in [0.25, 0.3) is 0 Å². The van der Waals surface area contributed by atoms with Crippen LogP contribution in [-0.4, -0.2) is 97.6 Å². The summed E-state index contributed by atoms with van der Waals surface area (Å²) in [7, 11) is 0. The number of amides is 2. The minimum absolute atomic E-state index is 0.0431. The third-order valence-corrected chi connectivity index (χ3v) is 5.95. The molecule has 0 spiro atoms. The van der Waals surface area contributed by atoms with Crippen molar-refractivity contribution in [3.8, 4) is 5.88 Å². The Morgan fingerprint density at radius 1 is 0.967 bits per heavy atom. The average molecular weight is 413 g/mol. The highest BCUT2D eigenvalue weighted by atomic mass is 16.5. The molecule has 3 fully saturated rings. The van der Waals surface area contributed by atoms with Crippen LogP contribution < -0.4 is 9.64 Å². The summed E-state index contributed by atoms with van der Waals surface area (Å²) in [6, 6.07) is 6.31. The van der Waals surface area contributed by atoms with Crippen molar-refractivity contribution in [2.24, 2.45) is 0 Å². The lowest BCUT2D eigenvalue weighted by atomic mass is 10.2. The van der Waals surface area contributed by atoms with Crippen molar-refractivity contribution in [1.82, 2.24) is 19.8 Å². The molecular formula is C21H27N5O4. The molecule has 1 atom stereocenters. The van der Waals surface area contributed by atoms with E-state index in [9.17, 15) is 4.79 Å². The second-order valence-corrected chi connectivity index (χ2v) is 7.84. The molecule has 2 aromatic rings. The minimum Gasteiger partial charge on any atom is -0.471 e. The van der Waals surface area contributed by atoms with E-state index in [2.05, 4.69) is 27.0 Å². The van der Waals surface area contributed by atoms with Gasteiger partial charge in [0, 0.05) is 51.4 Å². The molecule has 4 heterocycles. The van der Waals surface area contributed by atoms with Crippen LogP contribution in [0.15, 0.2) is 24.5 Å². The number of rotatable bonds is 3. The van der Waals surface area contributed by atoms with E-state index in [1.165, 1.54) is 0 Å². The lowest BCUT2D eigenvalue weighted by molar-refractivity contribution is 0.0428. The first-order valence-electron chi connectivity index (χ1n) is 10.6. The number of piperazine rings is 1. The molecule has 160 valence electrons. The van der Waals surface area contributed by atoms with Crippen molar-refractivity contribution >= 4 is 22.6 Å². The highest BCUT2D eigenvalue weighted by Gasteiger charge is 2.27. The standard InChI is InChI=1S/C21H27N5O4/c27-21(26-8-11-28-12-9-26)25-6-4-24(5-7-25)16-1-2-19-18(13-16)20(23-15-22-19)30-17-3-10-29-14-17/h1-2,13,15,17H,3-12,14H2. The van der Waals surface area contributed by atoms with Crippen molar-refractivity contribution in [2.75, 3.05) is 70.6 Å². The summed E-state index contributed by atoms with van der Waals surface area (Å²) < 4.78 is 16.8. The third-order valence-electron chi connectivity index (χ3n) is 5.95. The number of aromatic nitrogens is 2. The van der Waals surface area contributed by atoms with E-state index in [0.29, 0.717) is 51.9 Å². The Labute approximate surface area is 175 Å². The van der Waals surface area contributed by atoms with Gasteiger partial charge in [0.05, 0.1) is 37.3 Å². The summed E-state index contributed by atoms with van der Waals surface area (Å²) in [5, 5.41) is 0.911. The molecule has 9 nitrogen and oxygen atoms in total. The highest BCUT2D eigenvalue weighted by molar-refractivity contribution is 5.86. The number of benzene rings is 1. The molecule has 2 amide bonds. The van der Waals surface area contributed by atoms with Crippen molar-refractivity contribution in [1.29, 1.82) is 0 Å². The van der Waals surface area contributed by atoms with Crippen LogP contribution in [0.5, 0.6) is 5.88 Å². The molecule has 5 rings (SSSR count). The average Bonchev–Trinajstić information content (AvgIpc) is 3.32. The number of fused-ring (bicyclic) bond motifs is 1. The van der Waals surface area contributed by atoms with Crippen LogP contribution in [0.1, 0.15) is 6.42 Å². The summed E-state index contributed by atoms with van der Waals surface area (Å²) in [6.07, 6.45) is 2.47. The van der Waals surface area contributed by atoms with Crippen LogP contribution in [0.2, 0.25) is 0 Å². The Kier molecular flexibility index (Phi) is 5.54. The van der Waals surface area contributed by atoms with Gasteiger partial charge in [0.2, 0.25) is 5.88 Å². The lowest BCUT2D eigenvalue weighted by Gasteiger charge is -2.39. The number of carbonyl (C=O) groups excluding carboxylic acids is 1. The molecule has 9 heteroatoms. The number of hydrogen-bond donors (Lipinski definition) is 0. The van der Waals surface area contributed by atoms with E-state index in [0.717, 1.165) is 42.7 Å². The predicted octanol–water partition coefficient (Wildman–Crippen LogP) is 1.37. The second-order valence-electron chi connectivity index (χ2n) is 7.84. The number of hydrogen-bond acceptors (Lipinski definition) is 7. The smallest absolute Gasteiger partial charge is 0.320 e.